The molecule has 2 aromatic rings. The first kappa shape index (κ1) is 23.8. The molecule has 0 N–H and O–H groups in total. The third kappa shape index (κ3) is 5.65. The van der Waals surface area contributed by atoms with Gasteiger partial charge in [-0.15, -0.1) is 0 Å². The molecule has 0 radical (unpaired) electrons. The van der Waals surface area contributed by atoms with Gasteiger partial charge in [-0.2, -0.15) is 0 Å². The molecule has 0 aliphatic rings. The van der Waals surface area contributed by atoms with Crippen LogP contribution in [0.2, 0.25) is 0 Å². The molecule has 0 heterocycles. The Kier molecular flexibility index (Phi) is 8.38. The summed E-state index contributed by atoms with van der Waals surface area (Å²) < 4.78 is 13.8. The van der Waals surface area contributed by atoms with Crippen molar-refractivity contribution in [3.63, 3.8) is 0 Å². The van der Waals surface area contributed by atoms with Gasteiger partial charge in [0, 0.05) is 5.56 Å². The van der Waals surface area contributed by atoms with Gasteiger partial charge in [-0.05, 0) is 76.3 Å². The molecule has 4 nitrogen and oxygen atoms in total. The van der Waals surface area contributed by atoms with Gasteiger partial charge in [0.15, 0.2) is 5.78 Å². The highest BCUT2D eigenvalue weighted by molar-refractivity contribution is 7.00. The first-order chi connectivity index (χ1) is 13.0. The lowest BCUT2D eigenvalue weighted by Gasteiger charge is -2.25. The van der Waals surface area contributed by atoms with Gasteiger partial charge in [0.25, 0.3) is 0 Å². The van der Waals surface area contributed by atoms with Crippen molar-refractivity contribution in [3.05, 3.63) is 69.8 Å². The minimum absolute atomic E-state index is 0.205. The van der Waals surface area contributed by atoms with Crippen molar-refractivity contribution in [2.24, 2.45) is 0 Å². The molecule has 2 unspecified atom stereocenters. The van der Waals surface area contributed by atoms with Crippen LogP contribution in [-0.2, 0) is 14.1 Å². The average Bonchev–Trinajstić information content (AvgIpc) is 2.61. The van der Waals surface area contributed by atoms with E-state index in [2.05, 4.69) is 0 Å². The van der Waals surface area contributed by atoms with Crippen LogP contribution in [0.3, 0.4) is 0 Å². The Labute approximate surface area is 169 Å². The summed E-state index contributed by atoms with van der Waals surface area (Å²) in [4.78, 5) is 26.4. The van der Waals surface area contributed by atoms with Gasteiger partial charge < -0.3 is 9.30 Å². The summed E-state index contributed by atoms with van der Waals surface area (Å²) in [6.45, 7) is 13.3. The SMILES string of the molecule is Cc1cc(C)c(C(=O)C(C(=O)OC(C)(C)C)c2ccccc2)c(C)c1C.O=[PH3]. The summed E-state index contributed by atoms with van der Waals surface area (Å²) in [6, 6.07) is 11.1. The van der Waals surface area contributed by atoms with Crippen LogP contribution in [0, 0.1) is 27.7 Å². The fraction of sp³-hybridized carbons (Fsp3) is 0.391. The van der Waals surface area contributed by atoms with Crippen molar-refractivity contribution in [3.8, 4) is 0 Å². The summed E-state index contributed by atoms with van der Waals surface area (Å²) in [5.74, 6) is -1.68. The zero-order valence-corrected chi connectivity index (χ0v) is 19.3. The lowest BCUT2D eigenvalue weighted by Crippen LogP contribution is -2.32. The summed E-state index contributed by atoms with van der Waals surface area (Å²) in [5, 5.41) is 0. The molecule has 5 heteroatoms. The summed E-state index contributed by atoms with van der Waals surface area (Å²) in [5.41, 5.74) is 4.66. The van der Waals surface area contributed by atoms with E-state index in [-0.39, 0.29) is 5.78 Å². The zero-order valence-electron chi connectivity index (χ0n) is 17.9. The maximum atomic E-state index is 13.5. The number of carbonyl (C=O) groups is 2. The standard InChI is InChI=1S/C23H28O3.H3OP/c1-14-13-15(2)19(17(4)16(14)3)21(24)20(18-11-9-8-10-12-18)22(25)26-23(5,6)7;1-2/h8-13,20H,1-7H3;2H3. The van der Waals surface area contributed by atoms with Gasteiger partial charge in [-0.25, -0.2) is 0 Å². The molecule has 0 bridgehead atoms. The molecule has 0 saturated heterocycles. The number of hydrogen-bond donors (Lipinski definition) is 0. The first-order valence-electron chi connectivity index (χ1n) is 9.21. The summed E-state index contributed by atoms with van der Waals surface area (Å²) >= 11 is 0. The monoisotopic (exact) mass is 402 g/mol. The topological polar surface area (TPSA) is 60.4 Å². The van der Waals surface area contributed by atoms with E-state index < -0.39 is 17.5 Å². The van der Waals surface area contributed by atoms with E-state index in [9.17, 15) is 9.59 Å². The van der Waals surface area contributed by atoms with E-state index in [1.165, 1.54) is 0 Å². The predicted octanol–water partition coefficient (Wildman–Crippen LogP) is 5.17. The molecule has 28 heavy (non-hydrogen) atoms. The van der Waals surface area contributed by atoms with Gasteiger partial charge in [0.05, 0.1) is 9.12 Å². The van der Waals surface area contributed by atoms with E-state index in [4.69, 9.17) is 9.30 Å². The molecule has 0 aliphatic carbocycles. The summed E-state index contributed by atoms with van der Waals surface area (Å²) in [6.07, 6.45) is 0. The Balaban J connectivity index is 0.00000190. The minimum atomic E-state index is -0.963. The Morgan fingerprint density at radius 1 is 0.893 bits per heavy atom. The third-order valence-corrected chi connectivity index (χ3v) is 4.64. The first-order valence-corrected chi connectivity index (χ1v) is 9.79. The molecule has 2 rings (SSSR count). The fourth-order valence-electron chi connectivity index (χ4n) is 3.21. The highest BCUT2D eigenvalue weighted by atomic mass is 31.0. The van der Waals surface area contributed by atoms with Gasteiger partial charge in [-0.1, -0.05) is 36.4 Å². The highest BCUT2D eigenvalue weighted by Crippen LogP contribution is 2.30. The predicted molar refractivity (Wildman–Crippen MR) is 117 cm³/mol. The third-order valence-electron chi connectivity index (χ3n) is 4.64. The van der Waals surface area contributed by atoms with Crippen LogP contribution in [0.4, 0.5) is 0 Å². The largest absolute Gasteiger partial charge is 0.459 e. The fourth-order valence-corrected chi connectivity index (χ4v) is 3.21. The van der Waals surface area contributed by atoms with Crippen LogP contribution in [0.25, 0.3) is 0 Å². The number of carbonyl (C=O) groups excluding carboxylic acids is 2. The van der Waals surface area contributed by atoms with Crippen LogP contribution in [0.5, 0.6) is 0 Å². The van der Waals surface area contributed by atoms with Gasteiger partial charge in [0.2, 0.25) is 0 Å². The smallest absolute Gasteiger partial charge is 0.321 e. The Morgan fingerprint density at radius 3 is 1.93 bits per heavy atom. The molecule has 0 aromatic heterocycles. The van der Waals surface area contributed by atoms with Crippen LogP contribution in [-0.4, -0.2) is 17.4 Å². The molecule has 0 aliphatic heterocycles. The van der Waals surface area contributed by atoms with E-state index in [1.807, 2.05) is 72.7 Å². The lowest BCUT2D eigenvalue weighted by atomic mass is 9.84. The Bertz CT molecular complexity index is 851. The molecule has 152 valence electrons. The van der Waals surface area contributed by atoms with Gasteiger partial charge >= 0.3 is 5.97 Å². The van der Waals surface area contributed by atoms with E-state index in [0.29, 0.717) is 20.2 Å². The second-order valence-corrected chi connectivity index (χ2v) is 7.88. The molecular formula is C23H31O4P. The van der Waals surface area contributed by atoms with Gasteiger partial charge in [-0.3, -0.25) is 9.59 Å². The molecule has 0 amide bonds. The number of ketones is 1. The van der Waals surface area contributed by atoms with E-state index in [0.717, 1.165) is 22.3 Å². The zero-order chi connectivity index (χ0) is 21.6. The van der Waals surface area contributed by atoms with E-state index >= 15 is 0 Å². The second kappa shape index (κ2) is 9.84. The maximum Gasteiger partial charge on any atom is 0.321 e. The number of ether oxygens (including phenoxy) is 1. The number of rotatable bonds is 4. The van der Waals surface area contributed by atoms with Crippen molar-refractivity contribution in [1.82, 2.24) is 0 Å². The maximum absolute atomic E-state index is 13.5. The van der Waals surface area contributed by atoms with Crippen molar-refractivity contribution >= 4 is 20.9 Å². The molecule has 2 atom stereocenters. The van der Waals surface area contributed by atoms with Crippen LogP contribution < -0.4 is 0 Å². The molecule has 0 spiro atoms. The Hall–Kier alpha value is -2.19. The van der Waals surface area contributed by atoms with Crippen LogP contribution in [0.15, 0.2) is 36.4 Å². The lowest BCUT2D eigenvalue weighted by molar-refractivity contribution is -0.155. The van der Waals surface area contributed by atoms with Crippen LogP contribution in [0.1, 0.15) is 64.9 Å². The Morgan fingerprint density at radius 2 is 1.43 bits per heavy atom. The minimum Gasteiger partial charge on any atom is -0.459 e. The molecule has 2 aromatic carbocycles. The summed E-state index contributed by atoms with van der Waals surface area (Å²) in [7, 11) is 0.611. The number of aryl methyl sites for hydroxylation is 2. The van der Waals surface area contributed by atoms with Crippen molar-refractivity contribution in [2.45, 2.75) is 60.0 Å². The van der Waals surface area contributed by atoms with Crippen molar-refractivity contribution in [1.29, 1.82) is 0 Å². The van der Waals surface area contributed by atoms with E-state index in [1.54, 1.807) is 12.1 Å². The number of esters is 1. The van der Waals surface area contributed by atoms with Gasteiger partial charge in [0.1, 0.15) is 11.5 Å². The number of hydrogen-bond acceptors (Lipinski definition) is 4. The second-order valence-electron chi connectivity index (χ2n) is 7.88. The molecule has 0 saturated carbocycles. The van der Waals surface area contributed by atoms with Crippen molar-refractivity contribution < 1.29 is 18.9 Å². The molecular weight excluding hydrogens is 371 g/mol. The normalized spacial score (nSPS) is 12.0. The van der Waals surface area contributed by atoms with Crippen LogP contribution >= 0.6 is 9.12 Å². The quantitative estimate of drug-likeness (QED) is 0.306. The number of benzene rings is 2. The highest BCUT2D eigenvalue weighted by Gasteiger charge is 2.35. The van der Waals surface area contributed by atoms with Crippen molar-refractivity contribution in [2.75, 3.05) is 0 Å². The average molecular weight is 402 g/mol. The molecule has 0 fully saturated rings. The number of Topliss-reactive ketones (excluding diaryl/α,β-unsaturated/α-hetero) is 1.